The van der Waals surface area contributed by atoms with E-state index in [1.54, 1.807) is 60.6 Å². The number of aliphatic hydroxyl groups excluding tert-OH is 1. The summed E-state index contributed by atoms with van der Waals surface area (Å²) in [5, 5.41) is 29.3. The maximum Gasteiger partial charge on any atom is 0.408 e. The number of carbonyl (C=O) groups excluding carboxylic acids is 5. The van der Waals surface area contributed by atoms with Crippen LogP contribution in [0.15, 0.2) is 56.8 Å². The van der Waals surface area contributed by atoms with E-state index in [0.29, 0.717) is 0 Å². The number of fused-ring (bicyclic) bond motifs is 5. The highest BCUT2D eigenvalue weighted by atomic mass is 28.4. The Morgan fingerprint density at radius 1 is 0.939 bits per heavy atom. The van der Waals surface area contributed by atoms with Gasteiger partial charge >= 0.3 is 24.0 Å². The molecule has 0 unspecified atom stereocenters. The molecule has 3 aliphatic carbocycles. The number of ether oxygens (including phenoxy) is 5. The fourth-order valence-electron chi connectivity index (χ4n) is 12.2. The molecule has 1 aliphatic heterocycles. The number of furan rings is 2. The number of hydrogen-bond donors (Lipinski definition) is 3. The van der Waals surface area contributed by atoms with Crippen LogP contribution in [0.1, 0.15) is 139 Å². The predicted molar refractivity (Wildman–Crippen MR) is 241 cm³/mol. The summed E-state index contributed by atoms with van der Waals surface area (Å²) in [6, 6.07) is 4.82. The van der Waals surface area contributed by atoms with Crippen LogP contribution in [0.4, 0.5) is 4.79 Å². The molecule has 6 rings (SSSR count). The third kappa shape index (κ3) is 8.38. The van der Waals surface area contributed by atoms with Crippen LogP contribution < -0.4 is 5.32 Å². The van der Waals surface area contributed by atoms with Gasteiger partial charge in [0, 0.05) is 24.2 Å². The smallest absolute Gasteiger partial charge is 0.408 e. The Morgan fingerprint density at radius 3 is 2.05 bits per heavy atom. The van der Waals surface area contributed by atoms with Gasteiger partial charge in [0.05, 0.1) is 25.1 Å². The van der Waals surface area contributed by atoms with Gasteiger partial charge in [-0.25, -0.2) is 14.4 Å². The molecule has 1 amide bonds. The zero-order valence-corrected chi connectivity index (χ0v) is 42.1. The van der Waals surface area contributed by atoms with E-state index in [-0.39, 0.29) is 52.3 Å². The average molecular weight is 942 g/mol. The Balaban J connectivity index is 1.56. The van der Waals surface area contributed by atoms with Gasteiger partial charge in [0.25, 0.3) is 0 Å². The number of rotatable bonds is 13. The highest BCUT2D eigenvalue weighted by Gasteiger charge is 2.77. The second-order valence-corrected chi connectivity index (χ2v) is 27.0. The van der Waals surface area contributed by atoms with Crippen molar-refractivity contribution in [1.82, 2.24) is 5.32 Å². The number of esters is 3. The summed E-state index contributed by atoms with van der Waals surface area (Å²) in [5.74, 6) is -5.14. The largest absolute Gasteiger partial charge is 0.467 e. The summed E-state index contributed by atoms with van der Waals surface area (Å²) in [6.45, 7) is 26.8. The number of nitrogens with one attached hydrogen (secondary N) is 1. The van der Waals surface area contributed by atoms with E-state index in [4.69, 9.17) is 36.9 Å². The minimum absolute atomic E-state index is 0.0416. The molecular formula is C49H71NO15Si. The van der Waals surface area contributed by atoms with Crippen molar-refractivity contribution in [3.05, 3.63) is 59.5 Å². The van der Waals surface area contributed by atoms with Crippen LogP contribution in [0.3, 0.4) is 0 Å². The molecule has 3 N–H and O–H groups in total. The van der Waals surface area contributed by atoms with Gasteiger partial charge in [-0.15, -0.1) is 0 Å². The molecule has 3 heterocycles. The SMILES string of the molecule is CC(=O)O[C@@]12CO[C@@H]1C[C@H](C)[C@@]1(C)C(=O)[C@H](O)C3=C(C)[C@@H](OC(=O)[C@H](O[Si](C(C)C)(C(C)C)C(C)C)[C@@H](NC(=O)OC(C)(C)C)c4ccco4)C[C@@](O)([C@@H](OC(=O)c4ccco4)[C@H]21)C3(C)C. The lowest BCUT2D eigenvalue weighted by atomic mass is 9.43. The first-order valence-corrected chi connectivity index (χ1v) is 25.3. The Labute approximate surface area is 388 Å². The van der Waals surface area contributed by atoms with Crippen molar-refractivity contribution in [2.45, 2.75) is 187 Å². The molecule has 2 saturated carbocycles. The molecule has 366 valence electrons. The maximum absolute atomic E-state index is 15.4. The van der Waals surface area contributed by atoms with Gasteiger partial charge in [0.15, 0.2) is 17.5 Å². The molecule has 4 aliphatic rings. The Morgan fingerprint density at radius 2 is 1.55 bits per heavy atom. The summed E-state index contributed by atoms with van der Waals surface area (Å²) < 4.78 is 49.5. The van der Waals surface area contributed by atoms with E-state index >= 15 is 9.59 Å². The van der Waals surface area contributed by atoms with E-state index in [9.17, 15) is 24.6 Å². The van der Waals surface area contributed by atoms with E-state index < -0.39 is 121 Å². The number of aliphatic hydroxyl groups is 2. The molecule has 11 atom stereocenters. The van der Waals surface area contributed by atoms with Crippen LogP contribution in [-0.4, -0.2) is 102 Å². The molecule has 17 heteroatoms. The number of alkyl carbamates (subject to hydrolysis) is 1. The quantitative estimate of drug-likeness (QED) is 0.0752. The van der Waals surface area contributed by atoms with Gasteiger partial charge in [-0.05, 0) is 92.1 Å². The summed E-state index contributed by atoms with van der Waals surface area (Å²) in [5.41, 5.74) is -7.72. The molecule has 0 radical (unpaired) electrons. The van der Waals surface area contributed by atoms with Crippen molar-refractivity contribution >= 4 is 38.1 Å². The van der Waals surface area contributed by atoms with Gasteiger partial charge in [-0.3, -0.25) is 9.59 Å². The molecule has 0 spiro atoms. The van der Waals surface area contributed by atoms with Gasteiger partial charge in [-0.1, -0.05) is 69.2 Å². The standard InChI is InChI=1S/C49H71NO15Si/c1-25(2)66(26(3)4,27(5)6)65-38(36(31-18-16-20-58-31)50-44(56)64-45(10,11)12)43(55)61-33-23-49(57)41(62-42(54)32-19-17-21-59-32)39-47(15,40(53)37(52)35(29(33)8)46(49,13)14)28(7)22-34-48(39,24-60-34)63-30(9)51/h16-21,25-28,33-34,36-39,41,52,57H,22-24H2,1-15H3,(H,50,56)/t28-,33-,34+,36-,37+,38+,39-,41-,47+,48-,49+/m0/s1. The number of amides is 1. The van der Waals surface area contributed by atoms with E-state index in [1.165, 1.54) is 31.6 Å². The fraction of sp³-hybridized carbons (Fsp3) is 0.694. The number of ketones is 1. The van der Waals surface area contributed by atoms with Crippen LogP contribution in [0, 0.1) is 22.7 Å². The summed E-state index contributed by atoms with van der Waals surface area (Å²) >= 11 is 0. The molecule has 2 aromatic rings. The van der Waals surface area contributed by atoms with Gasteiger partial charge in [0.1, 0.15) is 47.4 Å². The number of carbonyl (C=O) groups is 5. The summed E-state index contributed by atoms with van der Waals surface area (Å²) in [7, 11) is -3.03. The van der Waals surface area contributed by atoms with Gasteiger partial charge in [0.2, 0.25) is 14.1 Å². The summed E-state index contributed by atoms with van der Waals surface area (Å²) in [6.07, 6.45) is -5.58. The van der Waals surface area contributed by atoms with Crippen molar-refractivity contribution in [2.75, 3.05) is 6.61 Å². The van der Waals surface area contributed by atoms with Gasteiger partial charge in [-0.2, -0.15) is 0 Å². The number of hydrogen-bond acceptors (Lipinski definition) is 15. The van der Waals surface area contributed by atoms with Crippen molar-refractivity contribution in [3.8, 4) is 0 Å². The zero-order valence-electron chi connectivity index (χ0n) is 41.1. The lowest BCUT2D eigenvalue weighted by Crippen LogP contribution is -2.80. The minimum Gasteiger partial charge on any atom is -0.467 e. The first-order valence-electron chi connectivity index (χ1n) is 23.1. The fourth-order valence-corrected chi connectivity index (χ4v) is 17.7. The van der Waals surface area contributed by atoms with Gasteiger partial charge < -0.3 is 52.5 Å². The topological polar surface area (TPSA) is 219 Å². The lowest BCUT2D eigenvalue weighted by Gasteiger charge is -2.67. The third-order valence-corrected chi connectivity index (χ3v) is 21.5. The summed E-state index contributed by atoms with van der Waals surface area (Å²) in [4.78, 5) is 71.8. The van der Waals surface area contributed by atoms with Crippen LogP contribution in [0.2, 0.25) is 16.6 Å². The normalized spacial score (nSPS) is 31.7. The molecule has 2 aromatic heterocycles. The van der Waals surface area contributed by atoms with Crippen LogP contribution >= 0.6 is 0 Å². The monoisotopic (exact) mass is 941 g/mol. The second-order valence-electron chi connectivity index (χ2n) is 21.6. The Bertz CT molecular complexity index is 2150. The maximum atomic E-state index is 15.4. The minimum atomic E-state index is -3.03. The second kappa shape index (κ2) is 18.0. The Hall–Kier alpha value is -4.29. The predicted octanol–water partition coefficient (Wildman–Crippen LogP) is 7.92. The molecular weight excluding hydrogens is 871 g/mol. The molecule has 1 saturated heterocycles. The first kappa shape index (κ1) is 51.1. The molecule has 16 nitrogen and oxygen atoms in total. The first-order chi connectivity index (χ1) is 30.5. The van der Waals surface area contributed by atoms with E-state index in [0.717, 1.165) is 0 Å². The van der Waals surface area contributed by atoms with Crippen LogP contribution in [0.5, 0.6) is 0 Å². The van der Waals surface area contributed by atoms with E-state index in [1.807, 2.05) is 48.5 Å². The lowest BCUT2D eigenvalue weighted by molar-refractivity contribution is -0.340. The zero-order chi connectivity index (χ0) is 49.3. The average Bonchev–Trinajstić information content (AvgIpc) is 3.94. The van der Waals surface area contributed by atoms with Crippen LogP contribution in [-0.2, 0) is 42.5 Å². The molecule has 66 heavy (non-hydrogen) atoms. The van der Waals surface area contributed by atoms with Crippen molar-refractivity contribution in [1.29, 1.82) is 0 Å². The highest BCUT2D eigenvalue weighted by molar-refractivity contribution is 6.77. The van der Waals surface area contributed by atoms with Crippen molar-refractivity contribution in [3.63, 3.8) is 0 Å². The van der Waals surface area contributed by atoms with E-state index in [2.05, 4.69) is 5.32 Å². The Kier molecular flexibility index (Phi) is 13.9. The third-order valence-electron chi connectivity index (χ3n) is 15.4. The molecule has 2 bridgehead atoms. The van der Waals surface area contributed by atoms with Crippen LogP contribution in [0.25, 0.3) is 0 Å². The van der Waals surface area contributed by atoms with Crippen molar-refractivity contribution in [2.24, 2.45) is 22.7 Å². The molecule has 0 aromatic carbocycles. The molecule has 3 fully saturated rings. The number of Topliss-reactive ketones (excluding diaryl/α,β-unsaturated/α-hetero) is 1. The highest BCUT2D eigenvalue weighted by Crippen LogP contribution is 2.65. The van der Waals surface area contributed by atoms with Crippen molar-refractivity contribution < 1.29 is 71.1 Å².